The molecule has 0 amide bonds. The highest BCUT2D eigenvalue weighted by Gasteiger charge is 2.47. The Labute approximate surface area is 195 Å². The first kappa shape index (κ1) is 24.3. The van der Waals surface area contributed by atoms with Crippen LogP contribution in [0.3, 0.4) is 0 Å². The molecule has 7 heteroatoms. The molecule has 2 aliphatic rings. The van der Waals surface area contributed by atoms with Gasteiger partial charge in [0.25, 0.3) is 0 Å². The SMILES string of the molecule is CO[C@@H]1O[C@H](COCOC2CCCCO2)C(OCc2ccccc2)[C@@H]1OCc1ccccc1. The molecule has 0 N–H and O–H groups in total. The zero-order valence-electron chi connectivity index (χ0n) is 19.2. The van der Waals surface area contributed by atoms with E-state index in [0.717, 1.165) is 37.0 Å². The molecule has 5 atom stereocenters. The van der Waals surface area contributed by atoms with Crippen LogP contribution in [-0.4, -0.2) is 58.0 Å². The van der Waals surface area contributed by atoms with Gasteiger partial charge in [-0.15, -0.1) is 0 Å². The molecular weight excluding hydrogens is 424 g/mol. The van der Waals surface area contributed by atoms with Crippen molar-refractivity contribution in [2.45, 2.75) is 63.4 Å². The van der Waals surface area contributed by atoms with Crippen molar-refractivity contribution >= 4 is 0 Å². The van der Waals surface area contributed by atoms with Crippen molar-refractivity contribution in [1.82, 2.24) is 0 Å². The van der Waals surface area contributed by atoms with Gasteiger partial charge in [-0.25, -0.2) is 0 Å². The van der Waals surface area contributed by atoms with Gasteiger partial charge in [0.1, 0.15) is 25.1 Å². The summed E-state index contributed by atoms with van der Waals surface area (Å²) in [5, 5.41) is 0. The second kappa shape index (κ2) is 13.2. The number of hydrogen-bond acceptors (Lipinski definition) is 7. The molecule has 0 bridgehead atoms. The number of benzene rings is 2. The second-order valence-corrected chi connectivity index (χ2v) is 8.25. The minimum Gasteiger partial charge on any atom is -0.368 e. The Morgan fingerprint density at radius 1 is 0.818 bits per heavy atom. The molecule has 7 nitrogen and oxygen atoms in total. The summed E-state index contributed by atoms with van der Waals surface area (Å²) in [6.07, 6.45) is 1.25. The van der Waals surface area contributed by atoms with Crippen LogP contribution in [0.5, 0.6) is 0 Å². The standard InChI is InChI=1S/C26H34O7/c1-27-26-25(31-17-21-12-6-3-7-13-21)24(30-16-20-10-4-2-5-11-20)22(33-26)18-28-19-32-23-14-8-9-15-29-23/h2-7,10-13,22-26H,8-9,14-19H2,1H3/t22-,23?,24?,25+,26-/m1/s1. The van der Waals surface area contributed by atoms with Gasteiger partial charge in [0.15, 0.2) is 12.6 Å². The first-order chi connectivity index (χ1) is 16.3. The van der Waals surface area contributed by atoms with Crippen molar-refractivity contribution < 1.29 is 33.2 Å². The van der Waals surface area contributed by atoms with Gasteiger partial charge in [0, 0.05) is 13.7 Å². The largest absolute Gasteiger partial charge is 0.368 e. The first-order valence-electron chi connectivity index (χ1n) is 11.6. The lowest BCUT2D eigenvalue weighted by atomic mass is 10.1. The summed E-state index contributed by atoms with van der Waals surface area (Å²) in [6.45, 7) is 2.07. The fourth-order valence-electron chi connectivity index (χ4n) is 4.06. The van der Waals surface area contributed by atoms with E-state index < -0.39 is 12.4 Å². The number of ether oxygens (including phenoxy) is 7. The number of hydrogen-bond donors (Lipinski definition) is 0. The van der Waals surface area contributed by atoms with E-state index in [1.807, 2.05) is 60.7 Å². The zero-order chi connectivity index (χ0) is 22.7. The molecule has 2 aromatic rings. The predicted octanol–water partition coefficient (Wildman–Crippen LogP) is 4.05. The van der Waals surface area contributed by atoms with Gasteiger partial charge in [0.2, 0.25) is 0 Å². The Kier molecular flexibility index (Phi) is 9.68. The molecule has 0 saturated carbocycles. The van der Waals surface area contributed by atoms with Gasteiger partial charge >= 0.3 is 0 Å². The van der Waals surface area contributed by atoms with Gasteiger partial charge in [-0.3, -0.25) is 0 Å². The first-order valence-corrected chi connectivity index (χ1v) is 11.6. The maximum atomic E-state index is 6.31. The molecular formula is C26H34O7. The molecule has 2 aromatic carbocycles. The molecule has 0 aromatic heterocycles. The summed E-state index contributed by atoms with van der Waals surface area (Å²) in [4.78, 5) is 0. The Hall–Kier alpha value is -1.84. The van der Waals surface area contributed by atoms with Crippen LogP contribution in [0.4, 0.5) is 0 Å². The molecule has 2 saturated heterocycles. The summed E-state index contributed by atoms with van der Waals surface area (Å²) >= 11 is 0. The summed E-state index contributed by atoms with van der Waals surface area (Å²) < 4.78 is 41.3. The van der Waals surface area contributed by atoms with E-state index in [0.29, 0.717) is 19.8 Å². The van der Waals surface area contributed by atoms with Crippen LogP contribution in [0, 0.1) is 0 Å². The monoisotopic (exact) mass is 458 g/mol. The van der Waals surface area contributed by atoms with E-state index in [1.54, 1.807) is 7.11 Å². The van der Waals surface area contributed by atoms with Crippen molar-refractivity contribution in [3.05, 3.63) is 71.8 Å². The minimum absolute atomic E-state index is 0.142. The zero-order valence-corrected chi connectivity index (χ0v) is 19.2. The van der Waals surface area contributed by atoms with Crippen LogP contribution < -0.4 is 0 Å². The lowest BCUT2D eigenvalue weighted by Gasteiger charge is -2.25. The Bertz CT molecular complexity index is 782. The second-order valence-electron chi connectivity index (χ2n) is 8.25. The Morgan fingerprint density at radius 3 is 2.09 bits per heavy atom. The maximum Gasteiger partial charge on any atom is 0.186 e. The Balaban J connectivity index is 1.35. The van der Waals surface area contributed by atoms with E-state index in [-0.39, 0.29) is 25.3 Å². The molecule has 2 unspecified atom stereocenters. The molecule has 2 heterocycles. The van der Waals surface area contributed by atoms with Gasteiger partial charge in [0.05, 0.1) is 19.8 Å². The van der Waals surface area contributed by atoms with E-state index in [9.17, 15) is 0 Å². The van der Waals surface area contributed by atoms with Gasteiger partial charge in [-0.1, -0.05) is 60.7 Å². The van der Waals surface area contributed by atoms with Crippen LogP contribution in [0.25, 0.3) is 0 Å². The average Bonchev–Trinajstić information content (AvgIpc) is 3.22. The van der Waals surface area contributed by atoms with Crippen LogP contribution in [0.15, 0.2) is 60.7 Å². The van der Waals surface area contributed by atoms with Gasteiger partial charge < -0.3 is 33.2 Å². The summed E-state index contributed by atoms with van der Waals surface area (Å²) in [5.41, 5.74) is 2.16. The molecule has 33 heavy (non-hydrogen) atoms. The lowest BCUT2D eigenvalue weighted by Crippen LogP contribution is -2.39. The number of methoxy groups -OCH3 is 1. The van der Waals surface area contributed by atoms with Crippen molar-refractivity contribution in [3.8, 4) is 0 Å². The molecule has 180 valence electrons. The van der Waals surface area contributed by atoms with E-state index in [4.69, 9.17) is 33.2 Å². The topological polar surface area (TPSA) is 64.6 Å². The third kappa shape index (κ3) is 7.32. The van der Waals surface area contributed by atoms with Crippen LogP contribution >= 0.6 is 0 Å². The third-order valence-electron chi connectivity index (χ3n) is 5.83. The normalized spacial score (nSPS) is 27.6. The fraction of sp³-hybridized carbons (Fsp3) is 0.538. The van der Waals surface area contributed by atoms with Crippen molar-refractivity contribution in [1.29, 1.82) is 0 Å². The van der Waals surface area contributed by atoms with Crippen molar-refractivity contribution in [3.63, 3.8) is 0 Å². The van der Waals surface area contributed by atoms with Crippen LogP contribution in [0.2, 0.25) is 0 Å². The molecule has 2 aliphatic heterocycles. The van der Waals surface area contributed by atoms with Gasteiger partial charge in [-0.2, -0.15) is 0 Å². The smallest absolute Gasteiger partial charge is 0.186 e. The Morgan fingerprint density at radius 2 is 1.48 bits per heavy atom. The minimum atomic E-state index is -0.550. The highest BCUT2D eigenvalue weighted by atomic mass is 16.8. The fourth-order valence-corrected chi connectivity index (χ4v) is 4.06. The maximum absolute atomic E-state index is 6.31. The highest BCUT2D eigenvalue weighted by Crippen LogP contribution is 2.29. The van der Waals surface area contributed by atoms with Gasteiger partial charge in [-0.05, 0) is 30.4 Å². The highest BCUT2D eigenvalue weighted by molar-refractivity contribution is 5.14. The molecule has 2 fully saturated rings. The van der Waals surface area contributed by atoms with E-state index in [2.05, 4.69) is 0 Å². The molecule has 0 aliphatic carbocycles. The quantitative estimate of drug-likeness (QED) is 0.351. The predicted molar refractivity (Wildman–Crippen MR) is 121 cm³/mol. The summed E-state index contributed by atoms with van der Waals surface area (Å²) in [6, 6.07) is 20.1. The van der Waals surface area contributed by atoms with Crippen molar-refractivity contribution in [2.24, 2.45) is 0 Å². The molecule has 0 radical (unpaired) electrons. The summed E-state index contributed by atoms with van der Waals surface area (Å²) in [5.74, 6) is 0. The average molecular weight is 459 g/mol. The van der Waals surface area contributed by atoms with Crippen LogP contribution in [-0.2, 0) is 46.4 Å². The molecule has 4 rings (SSSR count). The van der Waals surface area contributed by atoms with Crippen molar-refractivity contribution in [2.75, 3.05) is 27.1 Å². The summed E-state index contributed by atoms with van der Waals surface area (Å²) in [7, 11) is 1.62. The lowest BCUT2D eigenvalue weighted by molar-refractivity contribution is -0.220. The number of rotatable bonds is 12. The van der Waals surface area contributed by atoms with E-state index >= 15 is 0 Å². The van der Waals surface area contributed by atoms with E-state index in [1.165, 1.54) is 0 Å². The van der Waals surface area contributed by atoms with Crippen LogP contribution in [0.1, 0.15) is 30.4 Å². The third-order valence-corrected chi connectivity index (χ3v) is 5.83. The molecule has 0 spiro atoms.